The molecule has 33 heavy (non-hydrogen) atoms. The van der Waals surface area contributed by atoms with Crippen LogP contribution >= 0.6 is 35.7 Å². The van der Waals surface area contributed by atoms with Gasteiger partial charge in [0.25, 0.3) is 11.7 Å². The number of para-hydroxylation sites is 1. The van der Waals surface area contributed by atoms with Crippen molar-refractivity contribution < 1.29 is 31.9 Å². The molecule has 0 radical (unpaired) electrons. The van der Waals surface area contributed by atoms with Gasteiger partial charge in [0.1, 0.15) is 10.1 Å². The zero-order chi connectivity index (χ0) is 24.0. The highest BCUT2D eigenvalue weighted by Gasteiger charge is 2.32. The molecule has 2 aromatic rings. The number of carbonyl (C=O) groups excluding carboxylic acids is 2. The molecule has 0 aliphatic carbocycles. The fourth-order valence-electron chi connectivity index (χ4n) is 2.79. The molecule has 1 fully saturated rings. The largest absolute Gasteiger partial charge is 0.434 e. The van der Waals surface area contributed by atoms with Crippen molar-refractivity contribution in [2.24, 2.45) is 0 Å². The van der Waals surface area contributed by atoms with E-state index in [0.717, 1.165) is 11.8 Å². The van der Waals surface area contributed by atoms with Gasteiger partial charge in [0.05, 0.1) is 4.91 Å². The molecule has 1 N–H and O–H groups in total. The van der Waals surface area contributed by atoms with Gasteiger partial charge in [-0.1, -0.05) is 53.9 Å². The first-order chi connectivity index (χ1) is 15.7. The van der Waals surface area contributed by atoms with Crippen molar-refractivity contribution in [3.63, 3.8) is 0 Å². The van der Waals surface area contributed by atoms with Crippen LogP contribution in [0.25, 0.3) is 6.08 Å². The van der Waals surface area contributed by atoms with Crippen molar-refractivity contribution in [3.05, 3.63) is 59.0 Å². The van der Waals surface area contributed by atoms with E-state index in [4.69, 9.17) is 12.2 Å². The van der Waals surface area contributed by atoms with Crippen molar-refractivity contribution in [2.75, 3.05) is 11.9 Å². The number of halogens is 4. The number of thiocarbonyl (C=S) groups is 1. The quantitative estimate of drug-likeness (QED) is 0.196. The Morgan fingerprint density at radius 3 is 2.52 bits per heavy atom. The number of amides is 2. The smallest absolute Gasteiger partial charge is 0.387 e. The summed E-state index contributed by atoms with van der Waals surface area (Å²) in [5, 5.41) is 2.63. The van der Waals surface area contributed by atoms with Gasteiger partial charge in [-0.15, -0.1) is 0 Å². The predicted molar refractivity (Wildman–Crippen MR) is 125 cm³/mol. The number of nitrogens with one attached hydrogen (secondary N) is 1. The lowest BCUT2D eigenvalue weighted by atomic mass is 10.2. The number of alkyl halides is 4. The third-order valence-electron chi connectivity index (χ3n) is 4.22. The van der Waals surface area contributed by atoms with Crippen LogP contribution < -0.4 is 10.1 Å². The van der Waals surface area contributed by atoms with E-state index in [1.54, 1.807) is 6.07 Å². The zero-order valence-corrected chi connectivity index (χ0v) is 19.1. The summed E-state index contributed by atoms with van der Waals surface area (Å²) in [5.41, 5.74) is 0.726. The third-order valence-corrected chi connectivity index (χ3v) is 6.32. The van der Waals surface area contributed by atoms with Crippen molar-refractivity contribution in [1.29, 1.82) is 0 Å². The van der Waals surface area contributed by atoms with E-state index in [1.165, 1.54) is 53.4 Å². The molecular weight excluding hydrogens is 500 g/mol. The number of nitrogens with zero attached hydrogens (tertiary/aromatic N) is 1. The normalized spacial score (nSPS) is 15.1. The van der Waals surface area contributed by atoms with Crippen LogP contribution in [0.4, 0.5) is 23.2 Å². The molecule has 0 atom stereocenters. The first-order valence-electron chi connectivity index (χ1n) is 9.37. The summed E-state index contributed by atoms with van der Waals surface area (Å²) in [6.07, 6.45) is 1.36. The van der Waals surface area contributed by atoms with E-state index in [0.29, 0.717) is 27.9 Å². The number of benzene rings is 2. The van der Waals surface area contributed by atoms with E-state index >= 15 is 0 Å². The van der Waals surface area contributed by atoms with Crippen molar-refractivity contribution in [1.82, 2.24) is 4.90 Å². The fraction of sp³-hybridized carbons (Fsp3) is 0.190. The van der Waals surface area contributed by atoms with Gasteiger partial charge in [0.2, 0.25) is 5.91 Å². The maximum Gasteiger partial charge on any atom is 0.387 e. The van der Waals surface area contributed by atoms with Crippen LogP contribution in [0, 0.1) is 0 Å². The minimum Gasteiger partial charge on any atom is -0.434 e. The van der Waals surface area contributed by atoms with Gasteiger partial charge >= 0.3 is 6.61 Å². The first kappa shape index (κ1) is 25.1. The second-order valence-corrected chi connectivity index (χ2v) is 9.19. The Kier molecular flexibility index (Phi) is 8.75. The Morgan fingerprint density at radius 1 is 1.15 bits per heavy atom. The Bertz CT molecular complexity index is 1060. The highest BCUT2D eigenvalue weighted by atomic mass is 32.2. The molecule has 3 rings (SSSR count). The number of carbonyl (C=O) groups is 2. The molecule has 2 aromatic carbocycles. The van der Waals surface area contributed by atoms with Gasteiger partial charge in [-0.2, -0.15) is 17.6 Å². The number of thioether (sulfide) groups is 2. The van der Waals surface area contributed by atoms with Crippen LogP contribution in [-0.4, -0.2) is 39.9 Å². The third kappa shape index (κ3) is 7.21. The van der Waals surface area contributed by atoms with Crippen LogP contribution in [0.2, 0.25) is 0 Å². The summed E-state index contributed by atoms with van der Waals surface area (Å²) < 4.78 is 54.7. The summed E-state index contributed by atoms with van der Waals surface area (Å²) >= 11 is 6.62. The lowest BCUT2D eigenvalue weighted by molar-refractivity contribution is -0.122. The molecule has 0 saturated carbocycles. The van der Waals surface area contributed by atoms with E-state index in [2.05, 4.69) is 10.1 Å². The molecule has 0 spiro atoms. The number of ether oxygens (including phenoxy) is 1. The van der Waals surface area contributed by atoms with Crippen molar-refractivity contribution in [2.45, 2.75) is 23.7 Å². The van der Waals surface area contributed by atoms with Crippen LogP contribution in [0.3, 0.4) is 0 Å². The van der Waals surface area contributed by atoms with E-state index < -0.39 is 24.2 Å². The summed E-state index contributed by atoms with van der Waals surface area (Å²) in [4.78, 5) is 26.8. The van der Waals surface area contributed by atoms with Gasteiger partial charge in [0.15, 0.2) is 0 Å². The second-order valence-electron chi connectivity index (χ2n) is 6.45. The van der Waals surface area contributed by atoms with Gasteiger partial charge in [0, 0.05) is 29.1 Å². The summed E-state index contributed by atoms with van der Waals surface area (Å²) in [7, 11) is 0. The summed E-state index contributed by atoms with van der Waals surface area (Å²) in [6.45, 7) is -2.99. The molecule has 5 nitrogen and oxygen atoms in total. The van der Waals surface area contributed by atoms with Crippen LogP contribution in [0.15, 0.2) is 58.3 Å². The SMILES string of the molecule is O=C(CCN1C(=O)/C(=C\c2ccccc2OC(F)F)SC1=S)Nc1ccc(SC(F)F)cc1. The summed E-state index contributed by atoms with van der Waals surface area (Å²) in [5.74, 6) is -3.44. The van der Waals surface area contributed by atoms with E-state index in [-0.39, 0.29) is 27.9 Å². The van der Waals surface area contributed by atoms with Crippen LogP contribution in [0.1, 0.15) is 12.0 Å². The molecule has 0 aromatic heterocycles. The lowest BCUT2D eigenvalue weighted by Crippen LogP contribution is -2.31. The standard InChI is InChI=1S/C21H16F4N2O3S3/c22-19(23)30-15-4-2-1-3-12(15)11-16-18(29)27(21(31)33-16)10-9-17(28)26-13-5-7-14(8-6-13)32-20(24)25/h1-8,11,19-20H,9-10H2,(H,26,28)/b16-11+. The Hall–Kier alpha value is -2.57. The molecule has 1 aliphatic rings. The molecule has 1 saturated heterocycles. The topological polar surface area (TPSA) is 58.6 Å². The molecule has 174 valence electrons. The fourth-order valence-corrected chi connectivity index (χ4v) is 4.59. The van der Waals surface area contributed by atoms with E-state index in [9.17, 15) is 27.2 Å². The number of hydrogen-bond donors (Lipinski definition) is 1. The molecule has 2 amide bonds. The van der Waals surface area contributed by atoms with Crippen LogP contribution in [0.5, 0.6) is 5.75 Å². The van der Waals surface area contributed by atoms with Crippen molar-refractivity contribution in [3.8, 4) is 5.75 Å². The van der Waals surface area contributed by atoms with Gasteiger partial charge in [-0.25, -0.2) is 0 Å². The van der Waals surface area contributed by atoms with Crippen LogP contribution in [-0.2, 0) is 9.59 Å². The first-order valence-corrected chi connectivity index (χ1v) is 11.5. The minimum absolute atomic E-state index is 0.0162. The second kappa shape index (κ2) is 11.5. The molecule has 0 bridgehead atoms. The zero-order valence-electron chi connectivity index (χ0n) is 16.7. The lowest BCUT2D eigenvalue weighted by Gasteiger charge is -2.14. The van der Waals surface area contributed by atoms with E-state index in [1.807, 2.05) is 0 Å². The molecule has 1 heterocycles. The highest BCUT2D eigenvalue weighted by Crippen LogP contribution is 2.34. The number of rotatable bonds is 9. The van der Waals surface area contributed by atoms with Crippen molar-refractivity contribution >= 4 is 63.6 Å². The minimum atomic E-state index is -3.01. The predicted octanol–water partition coefficient (Wildman–Crippen LogP) is 5.83. The van der Waals surface area contributed by atoms with Gasteiger partial charge in [-0.3, -0.25) is 14.5 Å². The average Bonchev–Trinajstić information content (AvgIpc) is 3.01. The molecule has 1 aliphatic heterocycles. The Morgan fingerprint density at radius 2 is 1.85 bits per heavy atom. The number of hydrogen-bond acceptors (Lipinski definition) is 6. The maximum atomic E-state index is 12.7. The monoisotopic (exact) mass is 516 g/mol. The average molecular weight is 517 g/mol. The molecule has 12 heteroatoms. The molecular formula is C21H16F4N2O3S3. The Balaban J connectivity index is 1.59. The van der Waals surface area contributed by atoms with Gasteiger partial charge in [-0.05, 0) is 36.4 Å². The highest BCUT2D eigenvalue weighted by molar-refractivity contribution is 8.26. The molecule has 0 unspecified atom stereocenters. The summed E-state index contributed by atoms with van der Waals surface area (Å²) in [6, 6.07) is 12.0. The maximum absolute atomic E-state index is 12.7. The number of anilines is 1. The Labute approximate surface area is 200 Å². The van der Waals surface area contributed by atoms with Gasteiger partial charge < -0.3 is 10.1 Å².